The molecule has 0 aromatic heterocycles. The third-order valence-electron chi connectivity index (χ3n) is 6.71. The third kappa shape index (κ3) is 3.73. The molecule has 4 unspecified atom stereocenters. The Balaban J connectivity index is 1.25. The molecule has 0 N–H and O–H groups in total. The molecule has 3 amide bonds. The first-order valence-electron chi connectivity index (χ1n) is 11.2. The predicted octanol–water partition coefficient (Wildman–Crippen LogP) is 3.35. The summed E-state index contributed by atoms with van der Waals surface area (Å²) in [5, 5.41) is 0. The third-order valence-corrected chi connectivity index (χ3v) is 6.71. The van der Waals surface area contributed by atoms with E-state index < -0.39 is 11.9 Å². The van der Waals surface area contributed by atoms with Gasteiger partial charge in [0.2, 0.25) is 17.7 Å². The summed E-state index contributed by atoms with van der Waals surface area (Å²) < 4.78 is 5.50. The fourth-order valence-corrected chi connectivity index (χ4v) is 4.99. The lowest BCUT2D eigenvalue weighted by molar-refractivity contribution is -0.139. The van der Waals surface area contributed by atoms with Crippen LogP contribution in [0.4, 0.5) is 11.4 Å². The van der Waals surface area contributed by atoms with Crippen molar-refractivity contribution in [2.24, 2.45) is 23.7 Å². The number of hydrogen-bond acceptors (Lipinski definition) is 5. The van der Waals surface area contributed by atoms with Gasteiger partial charge < -0.3 is 9.64 Å². The first-order valence-corrected chi connectivity index (χ1v) is 11.2. The van der Waals surface area contributed by atoms with Crippen LogP contribution in [0, 0.1) is 23.7 Å². The molecule has 2 aliphatic heterocycles. The number of esters is 1. The number of hydrogen-bond donors (Lipinski definition) is 0. The molecule has 2 aromatic carbocycles. The maximum Gasteiger partial charge on any atom is 0.316 e. The molecule has 2 saturated heterocycles. The molecule has 1 aliphatic carbocycles. The molecular formula is C26H24N2O5. The lowest BCUT2D eigenvalue weighted by Crippen LogP contribution is -2.31. The van der Waals surface area contributed by atoms with Gasteiger partial charge >= 0.3 is 5.97 Å². The van der Waals surface area contributed by atoms with Crippen molar-refractivity contribution in [3.8, 4) is 5.75 Å². The minimum absolute atomic E-state index is 0.0231. The number of carbonyl (C=O) groups is 4. The maximum absolute atomic E-state index is 12.9. The fourth-order valence-electron chi connectivity index (χ4n) is 4.99. The molecule has 33 heavy (non-hydrogen) atoms. The fraction of sp³-hybridized carbons (Fsp3) is 0.308. The van der Waals surface area contributed by atoms with Gasteiger partial charge in [-0.2, -0.15) is 0 Å². The number of anilines is 2. The highest BCUT2D eigenvalue weighted by Gasteiger charge is 2.50. The molecule has 2 fully saturated rings. The van der Waals surface area contributed by atoms with Crippen molar-refractivity contribution in [1.82, 2.24) is 0 Å². The molecular weight excluding hydrogens is 420 g/mol. The average molecular weight is 444 g/mol. The van der Waals surface area contributed by atoms with Crippen LogP contribution in [0.25, 0.3) is 0 Å². The molecule has 0 radical (unpaired) electrons. The van der Waals surface area contributed by atoms with Gasteiger partial charge in [0, 0.05) is 18.7 Å². The number of allylic oxidation sites excluding steroid dienone is 2. The SMILES string of the molecule is CC1C=CCC2C(=O)N(c3ccc(OC(=O)C4CC(=O)N(c5ccccc5)C4)cc3)C(=O)C12. The Morgan fingerprint density at radius 2 is 1.67 bits per heavy atom. The van der Waals surface area contributed by atoms with E-state index in [0.29, 0.717) is 17.9 Å². The number of fused-ring (bicyclic) bond motifs is 1. The van der Waals surface area contributed by atoms with Gasteiger partial charge in [0.15, 0.2) is 0 Å². The molecule has 2 aromatic rings. The molecule has 0 saturated carbocycles. The second-order valence-electron chi connectivity index (χ2n) is 8.82. The Kier molecular flexibility index (Phi) is 5.32. The Bertz CT molecular complexity index is 1140. The number of rotatable bonds is 4. The highest BCUT2D eigenvalue weighted by atomic mass is 16.5. The van der Waals surface area contributed by atoms with E-state index in [1.54, 1.807) is 29.2 Å². The molecule has 0 spiro atoms. The van der Waals surface area contributed by atoms with Crippen LogP contribution in [0.1, 0.15) is 19.8 Å². The topological polar surface area (TPSA) is 84.0 Å². The van der Waals surface area contributed by atoms with Gasteiger partial charge in [-0.15, -0.1) is 0 Å². The number of ether oxygens (including phenoxy) is 1. The van der Waals surface area contributed by atoms with Gasteiger partial charge in [0.25, 0.3) is 0 Å². The minimum Gasteiger partial charge on any atom is -0.426 e. The number of imide groups is 1. The molecule has 4 atom stereocenters. The van der Waals surface area contributed by atoms with E-state index in [1.807, 2.05) is 49.4 Å². The van der Waals surface area contributed by atoms with E-state index in [2.05, 4.69) is 0 Å². The summed E-state index contributed by atoms with van der Waals surface area (Å²) in [6, 6.07) is 15.6. The summed E-state index contributed by atoms with van der Waals surface area (Å²) in [5.74, 6) is -1.83. The summed E-state index contributed by atoms with van der Waals surface area (Å²) >= 11 is 0. The van der Waals surface area contributed by atoms with Crippen LogP contribution in [-0.2, 0) is 19.2 Å². The number of nitrogens with zero attached hydrogens (tertiary/aromatic N) is 2. The van der Waals surface area contributed by atoms with Gasteiger partial charge in [0.05, 0.1) is 23.4 Å². The lowest BCUT2D eigenvalue weighted by Gasteiger charge is -2.22. The largest absolute Gasteiger partial charge is 0.426 e. The Morgan fingerprint density at radius 1 is 0.939 bits per heavy atom. The number of carbonyl (C=O) groups excluding carboxylic acids is 4. The van der Waals surface area contributed by atoms with E-state index in [0.717, 1.165) is 5.69 Å². The quantitative estimate of drug-likeness (QED) is 0.313. The smallest absolute Gasteiger partial charge is 0.316 e. The summed E-state index contributed by atoms with van der Waals surface area (Å²) in [6.45, 7) is 2.22. The second kappa shape index (κ2) is 8.31. The Hall–Kier alpha value is -3.74. The molecule has 3 aliphatic rings. The van der Waals surface area contributed by atoms with Crippen molar-refractivity contribution in [1.29, 1.82) is 0 Å². The summed E-state index contributed by atoms with van der Waals surface area (Å²) in [5.41, 5.74) is 1.23. The first kappa shape index (κ1) is 21.1. The highest BCUT2D eigenvalue weighted by molar-refractivity contribution is 6.22. The standard InChI is InChI=1S/C26H24N2O5/c1-16-6-5-9-21-23(16)25(31)28(24(21)30)19-10-12-20(13-11-19)33-26(32)17-14-22(29)27(15-17)18-7-3-2-4-8-18/h2-8,10-13,16-17,21,23H,9,14-15H2,1H3. The zero-order valence-corrected chi connectivity index (χ0v) is 18.2. The van der Waals surface area contributed by atoms with Crippen molar-refractivity contribution >= 4 is 35.1 Å². The molecule has 7 heteroatoms. The van der Waals surface area contributed by atoms with Gasteiger partial charge in [0.1, 0.15) is 5.75 Å². The summed E-state index contributed by atoms with van der Waals surface area (Å²) in [7, 11) is 0. The van der Waals surface area contributed by atoms with E-state index in [9.17, 15) is 19.2 Å². The maximum atomic E-state index is 12.9. The Labute approximate surface area is 191 Å². The predicted molar refractivity (Wildman–Crippen MR) is 121 cm³/mol. The highest BCUT2D eigenvalue weighted by Crippen LogP contribution is 2.40. The van der Waals surface area contributed by atoms with Crippen molar-refractivity contribution in [3.05, 3.63) is 66.7 Å². The normalized spacial score (nSPS) is 26.6. The van der Waals surface area contributed by atoms with Crippen LogP contribution in [-0.4, -0.2) is 30.2 Å². The first-order chi connectivity index (χ1) is 15.9. The van der Waals surface area contributed by atoms with Crippen LogP contribution < -0.4 is 14.5 Å². The minimum atomic E-state index is -0.559. The lowest BCUT2D eigenvalue weighted by atomic mass is 9.78. The van der Waals surface area contributed by atoms with Crippen LogP contribution in [0.3, 0.4) is 0 Å². The van der Waals surface area contributed by atoms with Crippen LogP contribution >= 0.6 is 0 Å². The van der Waals surface area contributed by atoms with Crippen molar-refractivity contribution in [2.75, 3.05) is 16.3 Å². The van der Waals surface area contributed by atoms with E-state index >= 15 is 0 Å². The molecule has 0 bridgehead atoms. The molecule has 5 rings (SSSR count). The molecule has 2 heterocycles. The average Bonchev–Trinajstić information content (AvgIpc) is 3.33. The monoisotopic (exact) mass is 444 g/mol. The number of benzene rings is 2. The molecule has 7 nitrogen and oxygen atoms in total. The van der Waals surface area contributed by atoms with Gasteiger partial charge in [-0.05, 0) is 48.7 Å². The van der Waals surface area contributed by atoms with E-state index in [1.165, 1.54) is 4.90 Å². The van der Waals surface area contributed by atoms with Gasteiger partial charge in [-0.25, -0.2) is 0 Å². The van der Waals surface area contributed by atoms with Crippen molar-refractivity contribution < 1.29 is 23.9 Å². The Morgan fingerprint density at radius 3 is 2.36 bits per heavy atom. The zero-order chi connectivity index (χ0) is 23.1. The van der Waals surface area contributed by atoms with Gasteiger partial charge in [-0.3, -0.25) is 24.1 Å². The molecule has 168 valence electrons. The van der Waals surface area contributed by atoms with Gasteiger partial charge in [-0.1, -0.05) is 37.3 Å². The zero-order valence-electron chi connectivity index (χ0n) is 18.2. The summed E-state index contributed by atoms with van der Waals surface area (Å²) in [4.78, 5) is 53.7. The van der Waals surface area contributed by atoms with Crippen molar-refractivity contribution in [3.63, 3.8) is 0 Å². The van der Waals surface area contributed by atoms with E-state index in [-0.39, 0.29) is 48.4 Å². The number of amides is 3. The second-order valence-corrected chi connectivity index (χ2v) is 8.82. The number of para-hydroxylation sites is 1. The van der Waals surface area contributed by atoms with Crippen LogP contribution in [0.5, 0.6) is 5.75 Å². The van der Waals surface area contributed by atoms with Crippen LogP contribution in [0.2, 0.25) is 0 Å². The van der Waals surface area contributed by atoms with E-state index in [4.69, 9.17) is 4.74 Å². The van der Waals surface area contributed by atoms with Crippen molar-refractivity contribution in [2.45, 2.75) is 19.8 Å². The van der Waals surface area contributed by atoms with Crippen LogP contribution in [0.15, 0.2) is 66.7 Å². The summed E-state index contributed by atoms with van der Waals surface area (Å²) in [6.07, 6.45) is 4.63.